The molecular formula is C12H15BrClNO. The van der Waals surface area contributed by atoms with Gasteiger partial charge in [0, 0.05) is 22.0 Å². The van der Waals surface area contributed by atoms with E-state index in [0.717, 1.165) is 17.3 Å². The highest BCUT2D eigenvalue weighted by molar-refractivity contribution is 9.09. The predicted octanol–water partition coefficient (Wildman–Crippen LogP) is 3.55. The highest BCUT2D eigenvalue weighted by Gasteiger charge is 2.12. The number of benzene rings is 1. The highest BCUT2D eigenvalue weighted by atomic mass is 79.9. The molecule has 1 rings (SSSR count). The van der Waals surface area contributed by atoms with Crippen molar-refractivity contribution in [2.75, 3.05) is 5.33 Å². The molecule has 0 saturated carbocycles. The lowest BCUT2D eigenvalue weighted by molar-refractivity contribution is 0.0939. The first kappa shape index (κ1) is 13.5. The van der Waals surface area contributed by atoms with Crippen molar-refractivity contribution < 1.29 is 4.79 Å². The molecule has 0 saturated heterocycles. The van der Waals surface area contributed by atoms with Crippen molar-refractivity contribution in [1.29, 1.82) is 0 Å². The van der Waals surface area contributed by atoms with E-state index in [1.807, 2.05) is 13.8 Å². The molecule has 1 atom stereocenters. The van der Waals surface area contributed by atoms with Crippen LogP contribution in [-0.2, 0) is 0 Å². The molecule has 0 spiro atoms. The average Bonchev–Trinajstić information content (AvgIpc) is 2.22. The van der Waals surface area contributed by atoms with Crippen molar-refractivity contribution >= 4 is 33.4 Å². The molecule has 1 amide bonds. The van der Waals surface area contributed by atoms with Crippen LogP contribution in [-0.4, -0.2) is 17.3 Å². The number of hydrogen-bond donors (Lipinski definition) is 1. The molecule has 0 aliphatic rings. The van der Waals surface area contributed by atoms with E-state index in [0.29, 0.717) is 10.6 Å². The van der Waals surface area contributed by atoms with Crippen molar-refractivity contribution in [1.82, 2.24) is 5.32 Å². The van der Waals surface area contributed by atoms with Gasteiger partial charge in [-0.05, 0) is 38.0 Å². The lowest BCUT2D eigenvalue weighted by Crippen LogP contribution is -2.33. The molecule has 0 bridgehead atoms. The maximum absolute atomic E-state index is 11.9. The highest BCUT2D eigenvalue weighted by Crippen LogP contribution is 2.18. The van der Waals surface area contributed by atoms with Gasteiger partial charge in [-0.15, -0.1) is 0 Å². The number of rotatable bonds is 4. The summed E-state index contributed by atoms with van der Waals surface area (Å²) in [5, 5.41) is 4.44. The number of halogens is 2. The standard InChI is InChI=1S/C12H15BrClNO/c1-8(6-7-13)15-12(16)10-4-3-5-11(14)9(10)2/h3-5,8H,6-7H2,1-2H3,(H,15,16). The predicted molar refractivity (Wildman–Crippen MR) is 71.5 cm³/mol. The first-order chi connectivity index (χ1) is 7.56. The number of hydrogen-bond acceptors (Lipinski definition) is 1. The monoisotopic (exact) mass is 303 g/mol. The zero-order valence-corrected chi connectivity index (χ0v) is 11.7. The zero-order chi connectivity index (χ0) is 12.1. The molecule has 0 heterocycles. The van der Waals surface area contributed by atoms with Crippen LogP contribution in [0.4, 0.5) is 0 Å². The minimum Gasteiger partial charge on any atom is -0.350 e. The van der Waals surface area contributed by atoms with Gasteiger partial charge < -0.3 is 5.32 Å². The molecule has 0 radical (unpaired) electrons. The number of carbonyl (C=O) groups is 1. The molecule has 4 heteroatoms. The molecule has 1 N–H and O–H groups in total. The molecule has 1 aromatic carbocycles. The van der Waals surface area contributed by atoms with E-state index in [2.05, 4.69) is 21.2 Å². The fraction of sp³-hybridized carbons (Fsp3) is 0.417. The van der Waals surface area contributed by atoms with Gasteiger partial charge in [0.05, 0.1) is 0 Å². The van der Waals surface area contributed by atoms with Gasteiger partial charge in [0.2, 0.25) is 0 Å². The van der Waals surface area contributed by atoms with Gasteiger partial charge in [0.25, 0.3) is 5.91 Å². The second-order valence-electron chi connectivity index (χ2n) is 3.76. The molecule has 2 nitrogen and oxygen atoms in total. The Balaban J connectivity index is 2.77. The van der Waals surface area contributed by atoms with Crippen LogP contribution in [0.5, 0.6) is 0 Å². The van der Waals surface area contributed by atoms with E-state index >= 15 is 0 Å². The Morgan fingerprint density at radius 1 is 1.56 bits per heavy atom. The second-order valence-corrected chi connectivity index (χ2v) is 4.96. The second kappa shape index (κ2) is 6.26. The topological polar surface area (TPSA) is 29.1 Å². The SMILES string of the molecule is Cc1c(Cl)cccc1C(=O)NC(C)CCBr. The average molecular weight is 305 g/mol. The van der Waals surface area contributed by atoms with Crippen LogP contribution in [0, 0.1) is 6.92 Å². The summed E-state index contributed by atoms with van der Waals surface area (Å²) >= 11 is 9.32. The smallest absolute Gasteiger partial charge is 0.251 e. The largest absolute Gasteiger partial charge is 0.350 e. The summed E-state index contributed by atoms with van der Waals surface area (Å²) in [6.07, 6.45) is 0.908. The Kier molecular flexibility index (Phi) is 5.29. The van der Waals surface area contributed by atoms with E-state index in [9.17, 15) is 4.79 Å². The summed E-state index contributed by atoms with van der Waals surface area (Å²) in [4.78, 5) is 11.9. The van der Waals surface area contributed by atoms with Gasteiger partial charge in [-0.1, -0.05) is 33.6 Å². The molecule has 88 valence electrons. The van der Waals surface area contributed by atoms with Gasteiger partial charge in [0.15, 0.2) is 0 Å². The number of alkyl halides is 1. The molecule has 0 aliphatic heterocycles. The third kappa shape index (κ3) is 3.49. The van der Waals surface area contributed by atoms with Crippen LogP contribution in [0.1, 0.15) is 29.3 Å². The van der Waals surface area contributed by atoms with Gasteiger partial charge in [-0.2, -0.15) is 0 Å². The maximum Gasteiger partial charge on any atom is 0.251 e. The summed E-state index contributed by atoms with van der Waals surface area (Å²) < 4.78 is 0. The molecule has 0 aromatic heterocycles. The van der Waals surface area contributed by atoms with Crippen LogP contribution in [0.3, 0.4) is 0 Å². The maximum atomic E-state index is 11.9. The third-order valence-electron chi connectivity index (χ3n) is 2.43. The fourth-order valence-electron chi connectivity index (χ4n) is 1.39. The van der Waals surface area contributed by atoms with E-state index in [1.54, 1.807) is 18.2 Å². The van der Waals surface area contributed by atoms with E-state index < -0.39 is 0 Å². The molecule has 1 aromatic rings. The molecule has 16 heavy (non-hydrogen) atoms. The van der Waals surface area contributed by atoms with E-state index in [4.69, 9.17) is 11.6 Å². The lowest BCUT2D eigenvalue weighted by Gasteiger charge is -2.14. The number of nitrogens with one attached hydrogen (secondary N) is 1. The van der Waals surface area contributed by atoms with Crippen molar-refractivity contribution in [3.63, 3.8) is 0 Å². The van der Waals surface area contributed by atoms with Gasteiger partial charge >= 0.3 is 0 Å². The third-order valence-corrected chi connectivity index (χ3v) is 3.30. The van der Waals surface area contributed by atoms with Crippen LogP contribution in [0.15, 0.2) is 18.2 Å². The summed E-state index contributed by atoms with van der Waals surface area (Å²) in [6, 6.07) is 5.53. The Bertz CT molecular complexity index is 381. The quantitative estimate of drug-likeness (QED) is 0.847. The first-order valence-corrected chi connectivity index (χ1v) is 6.68. The van der Waals surface area contributed by atoms with Gasteiger partial charge in [-0.25, -0.2) is 0 Å². The summed E-state index contributed by atoms with van der Waals surface area (Å²) in [5.74, 6) is -0.0616. The van der Waals surface area contributed by atoms with Crippen LogP contribution < -0.4 is 5.32 Å². The fourth-order valence-corrected chi connectivity index (χ4v) is 2.25. The van der Waals surface area contributed by atoms with Gasteiger partial charge in [-0.3, -0.25) is 4.79 Å². The number of amides is 1. The van der Waals surface area contributed by atoms with E-state index in [1.165, 1.54) is 0 Å². The zero-order valence-electron chi connectivity index (χ0n) is 9.39. The summed E-state index contributed by atoms with van der Waals surface area (Å²) in [6.45, 7) is 3.84. The summed E-state index contributed by atoms with van der Waals surface area (Å²) in [7, 11) is 0. The minimum absolute atomic E-state index is 0.0616. The Labute approximate surface area is 110 Å². The van der Waals surface area contributed by atoms with Crippen LogP contribution >= 0.6 is 27.5 Å². The first-order valence-electron chi connectivity index (χ1n) is 5.18. The van der Waals surface area contributed by atoms with Crippen molar-refractivity contribution in [3.8, 4) is 0 Å². The van der Waals surface area contributed by atoms with Gasteiger partial charge in [0.1, 0.15) is 0 Å². The van der Waals surface area contributed by atoms with Crippen molar-refractivity contribution in [2.45, 2.75) is 26.3 Å². The molecular weight excluding hydrogens is 289 g/mol. The molecule has 0 fully saturated rings. The Hall–Kier alpha value is -0.540. The minimum atomic E-state index is -0.0616. The lowest BCUT2D eigenvalue weighted by atomic mass is 10.1. The van der Waals surface area contributed by atoms with Crippen LogP contribution in [0.2, 0.25) is 5.02 Å². The van der Waals surface area contributed by atoms with E-state index in [-0.39, 0.29) is 11.9 Å². The molecule has 0 aliphatic carbocycles. The van der Waals surface area contributed by atoms with Crippen molar-refractivity contribution in [2.24, 2.45) is 0 Å². The Morgan fingerprint density at radius 3 is 2.88 bits per heavy atom. The molecule has 1 unspecified atom stereocenters. The summed E-state index contributed by atoms with van der Waals surface area (Å²) in [5.41, 5.74) is 1.47. The number of carbonyl (C=O) groups excluding carboxylic acids is 1. The van der Waals surface area contributed by atoms with Crippen molar-refractivity contribution in [3.05, 3.63) is 34.3 Å². The van der Waals surface area contributed by atoms with Crippen LogP contribution in [0.25, 0.3) is 0 Å². The normalized spacial score (nSPS) is 12.2. The Morgan fingerprint density at radius 2 is 2.25 bits per heavy atom.